The lowest BCUT2D eigenvalue weighted by Gasteiger charge is -2.32. The van der Waals surface area contributed by atoms with Crippen LogP contribution in [0, 0.1) is 0 Å². The Labute approximate surface area is 138 Å². The van der Waals surface area contributed by atoms with Crippen molar-refractivity contribution < 1.29 is 0 Å². The lowest BCUT2D eigenvalue weighted by atomic mass is 10.1. The first kappa shape index (κ1) is 14.0. The molecule has 3 aromatic rings. The van der Waals surface area contributed by atoms with Crippen molar-refractivity contribution in [2.75, 3.05) is 4.90 Å². The van der Waals surface area contributed by atoms with E-state index in [0.717, 1.165) is 28.0 Å². The normalized spacial score (nSPS) is 17.6. The van der Waals surface area contributed by atoms with Gasteiger partial charge in [0.15, 0.2) is 6.29 Å². The number of hydrogen-bond acceptors (Lipinski definition) is 4. The fourth-order valence-corrected chi connectivity index (χ4v) is 2.98. The van der Waals surface area contributed by atoms with Gasteiger partial charge in [-0.05, 0) is 36.4 Å². The fourth-order valence-electron chi connectivity index (χ4n) is 2.80. The van der Waals surface area contributed by atoms with Gasteiger partial charge in [-0.15, -0.1) is 0 Å². The molecule has 6 heteroatoms. The molecule has 1 aliphatic heterocycles. The number of pyridine rings is 1. The summed E-state index contributed by atoms with van der Waals surface area (Å²) in [5.74, 6) is 0. The molecule has 1 aliphatic rings. The number of nitrogens with two attached hydrogens (primary N) is 1. The summed E-state index contributed by atoms with van der Waals surface area (Å²) in [5, 5.41) is 1.69. The molecule has 5 nitrogen and oxygen atoms in total. The lowest BCUT2D eigenvalue weighted by Crippen LogP contribution is -2.41. The second-order valence-electron chi connectivity index (χ2n) is 5.22. The molecule has 0 saturated heterocycles. The van der Waals surface area contributed by atoms with E-state index in [0.29, 0.717) is 5.02 Å². The largest absolute Gasteiger partial charge is 0.345 e. The van der Waals surface area contributed by atoms with Gasteiger partial charge in [0, 0.05) is 40.3 Å². The first-order valence-electron chi connectivity index (χ1n) is 7.20. The molecule has 1 aromatic carbocycles. The summed E-state index contributed by atoms with van der Waals surface area (Å²) in [6, 6.07) is 11.5. The van der Waals surface area contributed by atoms with Crippen molar-refractivity contribution in [2.24, 2.45) is 10.7 Å². The third-order valence-electron chi connectivity index (χ3n) is 3.81. The molecule has 4 rings (SSSR count). The van der Waals surface area contributed by atoms with Gasteiger partial charge in [-0.25, -0.2) is 4.98 Å². The summed E-state index contributed by atoms with van der Waals surface area (Å²) in [5.41, 5.74) is 9.93. The maximum atomic E-state index is 6.22. The zero-order chi connectivity index (χ0) is 15.8. The predicted molar refractivity (Wildman–Crippen MR) is 94.5 cm³/mol. The average molecular weight is 324 g/mol. The first-order valence-corrected chi connectivity index (χ1v) is 7.58. The van der Waals surface area contributed by atoms with Crippen LogP contribution >= 0.6 is 11.6 Å². The third kappa shape index (κ3) is 2.40. The molecule has 0 amide bonds. The van der Waals surface area contributed by atoms with Crippen LogP contribution in [0.5, 0.6) is 0 Å². The van der Waals surface area contributed by atoms with Gasteiger partial charge >= 0.3 is 0 Å². The summed E-state index contributed by atoms with van der Waals surface area (Å²) in [6.45, 7) is 0. The molecule has 114 valence electrons. The highest BCUT2D eigenvalue weighted by atomic mass is 35.5. The number of fused-ring (bicyclic) bond motifs is 1. The molecular weight excluding hydrogens is 310 g/mol. The topological polar surface area (TPSA) is 70.3 Å². The van der Waals surface area contributed by atoms with Crippen molar-refractivity contribution in [2.45, 2.75) is 6.29 Å². The SMILES string of the molecule is NC1N=CC=C(c2c[nH]c3ncccc23)N1c1cccc(Cl)c1. The van der Waals surface area contributed by atoms with Gasteiger partial charge in [-0.3, -0.25) is 10.7 Å². The Balaban J connectivity index is 1.88. The summed E-state index contributed by atoms with van der Waals surface area (Å²) in [6.07, 6.45) is 6.87. The number of rotatable bonds is 2. The smallest absolute Gasteiger partial charge is 0.177 e. The second-order valence-corrected chi connectivity index (χ2v) is 5.65. The van der Waals surface area contributed by atoms with E-state index in [9.17, 15) is 0 Å². The second kappa shape index (κ2) is 5.53. The first-order chi connectivity index (χ1) is 11.2. The van der Waals surface area contributed by atoms with Crippen molar-refractivity contribution in [1.82, 2.24) is 9.97 Å². The fraction of sp³-hybridized carbons (Fsp3) is 0.0588. The van der Waals surface area contributed by atoms with Gasteiger partial charge in [0.2, 0.25) is 0 Å². The Morgan fingerprint density at radius 3 is 3.00 bits per heavy atom. The Morgan fingerprint density at radius 2 is 2.13 bits per heavy atom. The van der Waals surface area contributed by atoms with Gasteiger partial charge in [0.05, 0.1) is 5.70 Å². The molecule has 2 aromatic heterocycles. The van der Waals surface area contributed by atoms with Gasteiger partial charge < -0.3 is 9.88 Å². The molecular formula is C17H14ClN5. The number of aliphatic imine (C=N–C) groups is 1. The van der Waals surface area contributed by atoms with Crippen LogP contribution in [0.25, 0.3) is 16.7 Å². The monoisotopic (exact) mass is 323 g/mol. The van der Waals surface area contributed by atoms with Crippen molar-refractivity contribution >= 4 is 40.2 Å². The maximum absolute atomic E-state index is 6.22. The Morgan fingerprint density at radius 1 is 1.22 bits per heavy atom. The summed E-state index contributed by atoms with van der Waals surface area (Å²) in [7, 11) is 0. The number of hydrogen-bond donors (Lipinski definition) is 2. The Kier molecular flexibility index (Phi) is 3.37. The summed E-state index contributed by atoms with van der Waals surface area (Å²) in [4.78, 5) is 13.8. The van der Waals surface area contributed by atoms with E-state index in [4.69, 9.17) is 17.3 Å². The van der Waals surface area contributed by atoms with Gasteiger partial charge in [0.1, 0.15) is 5.65 Å². The number of allylic oxidation sites excluding steroid dienone is 1. The quantitative estimate of drug-likeness (QED) is 0.759. The van der Waals surface area contributed by atoms with Crippen LogP contribution in [0.3, 0.4) is 0 Å². The van der Waals surface area contributed by atoms with Crippen LogP contribution in [-0.4, -0.2) is 22.5 Å². The van der Waals surface area contributed by atoms with E-state index in [1.807, 2.05) is 53.6 Å². The number of H-pyrrole nitrogens is 1. The molecule has 0 aliphatic carbocycles. The Hall–Kier alpha value is -2.63. The molecule has 0 fully saturated rings. The Bertz CT molecular complexity index is 927. The molecule has 0 spiro atoms. The number of anilines is 1. The number of aromatic amines is 1. The van der Waals surface area contributed by atoms with Gasteiger partial charge in [-0.1, -0.05) is 17.7 Å². The predicted octanol–water partition coefficient (Wildman–Crippen LogP) is 3.39. The third-order valence-corrected chi connectivity index (χ3v) is 4.04. The van der Waals surface area contributed by atoms with E-state index in [1.165, 1.54) is 0 Å². The maximum Gasteiger partial charge on any atom is 0.177 e. The van der Waals surface area contributed by atoms with Crippen molar-refractivity contribution in [3.63, 3.8) is 0 Å². The molecule has 0 radical (unpaired) electrons. The highest BCUT2D eigenvalue weighted by molar-refractivity contribution is 6.30. The standard InChI is InChI=1S/C17H14ClN5/c18-11-3-1-4-12(9-11)23-15(6-8-21-17(23)19)14-10-22-16-13(14)5-2-7-20-16/h1-10,17H,19H2,(H,20,22). The van der Waals surface area contributed by atoms with Crippen LogP contribution < -0.4 is 10.6 Å². The molecule has 3 N–H and O–H groups in total. The van der Waals surface area contributed by atoms with Crippen molar-refractivity contribution in [1.29, 1.82) is 0 Å². The summed E-state index contributed by atoms with van der Waals surface area (Å²) >= 11 is 6.14. The molecule has 0 saturated carbocycles. The minimum Gasteiger partial charge on any atom is -0.345 e. The van der Waals surface area contributed by atoms with E-state index >= 15 is 0 Å². The minimum atomic E-state index is -0.505. The van der Waals surface area contributed by atoms with Crippen LogP contribution in [0.2, 0.25) is 5.02 Å². The number of nitrogens with one attached hydrogen (secondary N) is 1. The van der Waals surface area contributed by atoms with Crippen LogP contribution in [-0.2, 0) is 0 Å². The molecule has 3 heterocycles. The van der Waals surface area contributed by atoms with Gasteiger partial charge in [-0.2, -0.15) is 0 Å². The highest BCUT2D eigenvalue weighted by Gasteiger charge is 2.24. The van der Waals surface area contributed by atoms with Crippen molar-refractivity contribution in [3.8, 4) is 0 Å². The molecule has 0 bridgehead atoms. The number of benzene rings is 1. The van der Waals surface area contributed by atoms with Crippen molar-refractivity contribution in [3.05, 3.63) is 65.5 Å². The van der Waals surface area contributed by atoms with E-state index in [1.54, 1.807) is 12.4 Å². The zero-order valence-electron chi connectivity index (χ0n) is 12.1. The van der Waals surface area contributed by atoms with E-state index in [2.05, 4.69) is 15.0 Å². The molecule has 1 atom stereocenters. The zero-order valence-corrected chi connectivity index (χ0v) is 12.9. The van der Waals surface area contributed by atoms with Crippen LogP contribution in [0.4, 0.5) is 5.69 Å². The minimum absolute atomic E-state index is 0.505. The van der Waals surface area contributed by atoms with Gasteiger partial charge in [0.25, 0.3) is 0 Å². The number of aromatic nitrogens is 2. The van der Waals surface area contributed by atoms with Crippen LogP contribution in [0.15, 0.2) is 59.9 Å². The average Bonchev–Trinajstić information content (AvgIpc) is 2.98. The molecule has 23 heavy (non-hydrogen) atoms. The number of nitrogens with zero attached hydrogens (tertiary/aromatic N) is 3. The van der Waals surface area contributed by atoms with E-state index < -0.39 is 6.29 Å². The molecule has 1 unspecified atom stereocenters. The van der Waals surface area contributed by atoms with E-state index in [-0.39, 0.29) is 0 Å². The summed E-state index contributed by atoms with van der Waals surface area (Å²) < 4.78 is 0. The highest BCUT2D eigenvalue weighted by Crippen LogP contribution is 2.33. The van der Waals surface area contributed by atoms with Crippen LogP contribution in [0.1, 0.15) is 5.56 Å². The lowest BCUT2D eigenvalue weighted by molar-refractivity contribution is 0.722. The number of halogens is 1.